The highest BCUT2D eigenvalue weighted by atomic mass is 32.2. The molecular formula is C22H22N2O3S. The average Bonchev–Trinajstić information content (AvgIpc) is 2.92. The fourth-order valence-electron chi connectivity index (χ4n) is 3.66. The summed E-state index contributed by atoms with van der Waals surface area (Å²) in [6, 6.07) is 20.9. The summed E-state index contributed by atoms with van der Waals surface area (Å²) < 4.78 is 27.2. The van der Waals surface area contributed by atoms with E-state index in [2.05, 4.69) is 5.32 Å². The van der Waals surface area contributed by atoms with E-state index in [1.165, 1.54) is 9.87 Å². The molecule has 1 N–H and O–H groups in total. The molecule has 0 fully saturated rings. The van der Waals surface area contributed by atoms with Crippen LogP contribution in [0.15, 0.2) is 71.6 Å². The lowest BCUT2D eigenvalue weighted by Crippen LogP contribution is -2.30. The Kier molecular flexibility index (Phi) is 5.05. The minimum Gasteiger partial charge on any atom is -0.356 e. The molecule has 0 radical (unpaired) electrons. The van der Waals surface area contributed by atoms with Crippen LogP contribution in [0.25, 0.3) is 10.8 Å². The number of hydrogen-bond donors (Lipinski definition) is 1. The standard InChI is InChI=1S/C22H22N2O3S/c25-21(23-15-14-17-7-2-1-3-8-17)13-6-16-24-19-11-4-9-18-10-5-12-20(22(18)19)28(24,26)27/h1-5,7-12H,6,13-16H2,(H,23,25). The van der Waals surface area contributed by atoms with Gasteiger partial charge in [-0.1, -0.05) is 54.6 Å². The maximum absolute atomic E-state index is 12.9. The monoisotopic (exact) mass is 394 g/mol. The zero-order valence-electron chi connectivity index (χ0n) is 15.5. The third-order valence-electron chi connectivity index (χ3n) is 5.02. The Morgan fingerprint density at radius 1 is 0.929 bits per heavy atom. The summed E-state index contributed by atoms with van der Waals surface area (Å²) in [5, 5.41) is 4.60. The van der Waals surface area contributed by atoms with E-state index in [1.54, 1.807) is 12.1 Å². The Balaban J connectivity index is 1.34. The number of nitrogens with one attached hydrogen (secondary N) is 1. The molecule has 0 atom stereocenters. The SMILES string of the molecule is O=C(CCCN1c2cccc3cccc(c23)S1(=O)=O)NCCc1ccccc1. The first-order chi connectivity index (χ1) is 13.6. The summed E-state index contributed by atoms with van der Waals surface area (Å²) in [6.07, 6.45) is 1.55. The Bertz CT molecular complexity index is 1110. The van der Waals surface area contributed by atoms with Gasteiger partial charge in [0.25, 0.3) is 10.0 Å². The van der Waals surface area contributed by atoms with Crippen molar-refractivity contribution in [3.63, 3.8) is 0 Å². The van der Waals surface area contributed by atoms with Crippen LogP contribution in [0.1, 0.15) is 18.4 Å². The number of amides is 1. The zero-order chi connectivity index (χ0) is 19.6. The zero-order valence-corrected chi connectivity index (χ0v) is 16.3. The lowest BCUT2D eigenvalue weighted by molar-refractivity contribution is -0.121. The number of nitrogens with zero attached hydrogens (tertiary/aromatic N) is 1. The lowest BCUT2D eigenvalue weighted by atomic mass is 10.1. The van der Waals surface area contributed by atoms with Crippen LogP contribution in [0.2, 0.25) is 0 Å². The smallest absolute Gasteiger partial charge is 0.265 e. The molecule has 3 aromatic rings. The molecule has 3 aromatic carbocycles. The average molecular weight is 394 g/mol. The highest BCUT2D eigenvalue weighted by Gasteiger charge is 2.34. The van der Waals surface area contributed by atoms with Gasteiger partial charge in [-0.2, -0.15) is 0 Å². The first-order valence-corrected chi connectivity index (χ1v) is 10.9. The third-order valence-corrected chi connectivity index (χ3v) is 6.88. The number of sulfonamides is 1. The fraction of sp³-hybridized carbons (Fsp3) is 0.227. The van der Waals surface area contributed by atoms with Gasteiger partial charge in [0.2, 0.25) is 5.91 Å². The first-order valence-electron chi connectivity index (χ1n) is 9.42. The van der Waals surface area contributed by atoms with Gasteiger partial charge < -0.3 is 5.32 Å². The largest absolute Gasteiger partial charge is 0.356 e. The lowest BCUT2D eigenvalue weighted by Gasteiger charge is -2.18. The van der Waals surface area contributed by atoms with Crippen molar-refractivity contribution in [2.45, 2.75) is 24.2 Å². The van der Waals surface area contributed by atoms with E-state index >= 15 is 0 Å². The van der Waals surface area contributed by atoms with Crippen LogP contribution in [0.5, 0.6) is 0 Å². The van der Waals surface area contributed by atoms with Crippen LogP contribution in [0.3, 0.4) is 0 Å². The fourth-order valence-corrected chi connectivity index (χ4v) is 5.41. The van der Waals surface area contributed by atoms with Gasteiger partial charge in [-0.25, -0.2) is 8.42 Å². The number of carbonyl (C=O) groups is 1. The molecule has 0 bridgehead atoms. The summed E-state index contributed by atoms with van der Waals surface area (Å²) in [7, 11) is -3.55. The van der Waals surface area contributed by atoms with E-state index in [-0.39, 0.29) is 5.91 Å². The van der Waals surface area contributed by atoms with Crippen LogP contribution < -0.4 is 9.62 Å². The number of anilines is 1. The first kappa shape index (κ1) is 18.5. The molecule has 0 saturated heterocycles. The molecular weight excluding hydrogens is 372 g/mol. The summed E-state index contributed by atoms with van der Waals surface area (Å²) >= 11 is 0. The summed E-state index contributed by atoms with van der Waals surface area (Å²) in [5.41, 5.74) is 1.88. The van der Waals surface area contributed by atoms with E-state index in [0.717, 1.165) is 17.2 Å². The van der Waals surface area contributed by atoms with Gasteiger partial charge in [-0.3, -0.25) is 9.10 Å². The molecule has 28 heavy (non-hydrogen) atoms. The molecule has 6 heteroatoms. The van der Waals surface area contributed by atoms with Crippen molar-refractivity contribution in [2.24, 2.45) is 0 Å². The molecule has 0 unspecified atom stereocenters. The minimum atomic E-state index is -3.55. The summed E-state index contributed by atoms with van der Waals surface area (Å²) in [4.78, 5) is 12.5. The van der Waals surface area contributed by atoms with Crippen LogP contribution in [0.4, 0.5) is 5.69 Å². The Morgan fingerprint density at radius 3 is 2.46 bits per heavy atom. The van der Waals surface area contributed by atoms with Crippen molar-refractivity contribution < 1.29 is 13.2 Å². The number of hydrogen-bond acceptors (Lipinski definition) is 3. The second-order valence-corrected chi connectivity index (χ2v) is 8.73. The van der Waals surface area contributed by atoms with E-state index in [0.29, 0.717) is 36.5 Å². The molecule has 144 valence electrons. The number of rotatable bonds is 7. The summed E-state index contributed by atoms with van der Waals surface area (Å²) in [6.45, 7) is 0.873. The predicted octanol–water partition coefficient (Wildman–Crippen LogP) is 3.49. The van der Waals surface area contributed by atoms with Crippen LogP contribution in [0, 0.1) is 0 Å². The maximum atomic E-state index is 12.9. The van der Waals surface area contributed by atoms with Crippen LogP contribution in [-0.4, -0.2) is 27.4 Å². The molecule has 5 nitrogen and oxygen atoms in total. The van der Waals surface area contributed by atoms with Crippen molar-refractivity contribution in [1.82, 2.24) is 5.32 Å². The highest BCUT2D eigenvalue weighted by molar-refractivity contribution is 7.93. The number of benzene rings is 3. The van der Waals surface area contributed by atoms with Crippen molar-refractivity contribution in [3.05, 3.63) is 72.3 Å². The van der Waals surface area contributed by atoms with Crippen molar-refractivity contribution >= 4 is 32.4 Å². The molecule has 1 aliphatic heterocycles. The Labute approximate surface area is 165 Å². The molecule has 0 saturated carbocycles. The maximum Gasteiger partial charge on any atom is 0.265 e. The van der Waals surface area contributed by atoms with Crippen molar-refractivity contribution in [2.75, 3.05) is 17.4 Å². The molecule has 0 spiro atoms. The van der Waals surface area contributed by atoms with Gasteiger partial charge in [0.1, 0.15) is 0 Å². The van der Waals surface area contributed by atoms with Gasteiger partial charge in [0.15, 0.2) is 0 Å². The summed E-state index contributed by atoms with van der Waals surface area (Å²) in [5.74, 6) is -0.0525. The van der Waals surface area contributed by atoms with Crippen molar-refractivity contribution in [3.8, 4) is 0 Å². The highest BCUT2D eigenvalue weighted by Crippen LogP contribution is 2.41. The molecule has 1 amide bonds. The van der Waals surface area contributed by atoms with E-state index in [4.69, 9.17) is 0 Å². The second kappa shape index (κ2) is 7.64. The van der Waals surface area contributed by atoms with Crippen LogP contribution in [-0.2, 0) is 21.2 Å². The van der Waals surface area contributed by atoms with Gasteiger partial charge in [0.05, 0.1) is 10.6 Å². The minimum absolute atomic E-state index is 0.0525. The van der Waals surface area contributed by atoms with E-state index in [9.17, 15) is 13.2 Å². The van der Waals surface area contributed by atoms with Gasteiger partial charge in [-0.05, 0) is 35.9 Å². The quantitative estimate of drug-likeness (QED) is 0.667. The molecule has 4 rings (SSSR count). The van der Waals surface area contributed by atoms with E-state index in [1.807, 2.05) is 54.6 Å². The topological polar surface area (TPSA) is 66.5 Å². The van der Waals surface area contributed by atoms with Gasteiger partial charge in [0, 0.05) is 24.9 Å². The van der Waals surface area contributed by atoms with E-state index < -0.39 is 10.0 Å². The molecule has 1 aliphatic rings. The number of carbonyl (C=O) groups excluding carboxylic acids is 1. The Hall–Kier alpha value is -2.86. The predicted molar refractivity (Wildman–Crippen MR) is 111 cm³/mol. The second-order valence-electron chi connectivity index (χ2n) is 6.90. The Morgan fingerprint density at radius 2 is 1.68 bits per heavy atom. The molecule has 1 heterocycles. The molecule has 0 aliphatic carbocycles. The third kappa shape index (κ3) is 3.47. The van der Waals surface area contributed by atoms with Gasteiger partial charge in [-0.15, -0.1) is 0 Å². The molecule has 0 aromatic heterocycles. The van der Waals surface area contributed by atoms with Crippen molar-refractivity contribution in [1.29, 1.82) is 0 Å². The van der Waals surface area contributed by atoms with Crippen LogP contribution >= 0.6 is 0 Å². The normalized spacial score (nSPS) is 14.4. The van der Waals surface area contributed by atoms with Gasteiger partial charge >= 0.3 is 0 Å².